The number of hydrogen-bond acceptors (Lipinski definition) is 5. The summed E-state index contributed by atoms with van der Waals surface area (Å²) in [6.07, 6.45) is 1.81. The first-order valence-electron chi connectivity index (χ1n) is 5.76. The zero-order valence-electron chi connectivity index (χ0n) is 10.5. The quantitative estimate of drug-likeness (QED) is 0.863. The Morgan fingerprint density at radius 3 is 2.67 bits per heavy atom. The molecule has 0 aliphatic carbocycles. The van der Waals surface area contributed by atoms with E-state index in [0.29, 0.717) is 5.92 Å². The molecule has 1 unspecified atom stereocenters. The van der Waals surface area contributed by atoms with Crippen molar-refractivity contribution in [2.75, 3.05) is 5.32 Å². The molecule has 1 atom stereocenters. The van der Waals surface area contributed by atoms with Crippen molar-refractivity contribution in [1.29, 1.82) is 0 Å². The van der Waals surface area contributed by atoms with Gasteiger partial charge in [0.05, 0.1) is 6.04 Å². The Kier molecular flexibility index (Phi) is 4.29. The zero-order valence-corrected chi connectivity index (χ0v) is 12.9. The second-order valence-electron chi connectivity index (χ2n) is 4.33. The average Bonchev–Trinajstić information content (AvgIpc) is 2.81. The Balaban J connectivity index is 2.18. The summed E-state index contributed by atoms with van der Waals surface area (Å²) in [6, 6.07) is 2.03. The molecule has 2 aromatic heterocycles. The lowest BCUT2D eigenvalue weighted by Crippen LogP contribution is -2.09. The Morgan fingerprint density at radius 1 is 1.28 bits per heavy atom. The van der Waals surface area contributed by atoms with E-state index >= 15 is 0 Å². The minimum Gasteiger partial charge on any atom is -0.361 e. The number of thiazole rings is 1. The number of aromatic nitrogens is 3. The first-order chi connectivity index (χ1) is 8.56. The van der Waals surface area contributed by atoms with Crippen molar-refractivity contribution >= 4 is 33.1 Å². The maximum Gasteiger partial charge on any atom is 0.134 e. The molecule has 1 N–H and O–H groups in total. The van der Waals surface area contributed by atoms with Crippen LogP contribution in [-0.2, 0) is 0 Å². The molecule has 0 amide bonds. The summed E-state index contributed by atoms with van der Waals surface area (Å²) in [4.78, 5) is 13.2. The first-order valence-corrected chi connectivity index (χ1v) is 7.44. The highest BCUT2D eigenvalue weighted by Gasteiger charge is 2.11. The standard InChI is InChI=1S/C12H15BrN4S/c1-7(2)11-16-9(13)6-10(17-11)15-8(3)12-14-4-5-18-12/h4-8H,1-3H3,(H,15,16,17). The molecule has 0 radical (unpaired) electrons. The average molecular weight is 327 g/mol. The SMILES string of the molecule is CC(C)c1nc(Br)cc(NC(C)c2nccs2)n1. The van der Waals surface area contributed by atoms with E-state index in [2.05, 4.69) is 57.0 Å². The minimum atomic E-state index is 0.145. The van der Waals surface area contributed by atoms with Crippen LogP contribution in [0.5, 0.6) is 0 Å². The predicted molar refractivity (Wildman–Crippen MR) is 78.0 cm³/mol. The van der Waals surface area contributed by atoms with E-state index in [9.17, 15) is 0 Å². The lowest BCUT2D eigenvalue weighted by Gasteiger charge is -2.13. The van der Waals surface area contributed by atoms with Gasteiger partial charge in [-0.15, -0.1) is 11.3 Å². The minimum absolute atomic E-state index is 0.145. The van der Waals surface area contributed by atoms with Gasteiger partial charge in [-0.1, -0.05) is 13.8 Å². The molecule has 4 nitrogen and oxygen atoms in total. The molecule has 0 aliphatic heterocycles. The molecule has 0 fully saturated rings. The van der Waals surface area contributed by atoms with Crippen molar-refractivity contribution in [3.8, 4) is 0 Å². The maximum absolute atomic E-state index is 4.51. The number of rotatable bonds is 4. The lowest BCUT2D eigenvalue weighted by atomic mass is 10.2. The molecule has 2 aromatic rings. The summed E-state index contributed by atoms with van der Waals surface area (Å²) in [5.74, 6) is 1.96. The predicted octanol–water partition coefficient (Wildman–Crippen LogP) is 3.99. The van der Waals surface area contributed by atoms with Crippen molar-refractivity contribution in [3.63, 3.8) is 0 Å². The van der Waals surface area contributed by atoms with Gasteiger partial charge in [0.2, 0.25) is 0 Å². The van der Waals surface area contributed by atoms with E-state index < -0.39 is 0 Å². The number of hydrogen-bond donors (Lipinski definition) is 1. The van der Waals surface area contributed by atoms with E-state index in [4.69, 9.17) is 0 Å². The van der Waals surface area contributed by atoms with Crippen LogP contribution in [0.4, 0.5) is 5.82 Å². The van der Waals surface area contributed by atoms with Crippen molar-refractivity contribution in [2.45, 2.75) is 32.7 Å². The van der Waals surface area contributed by atoms with Gasteiger partial charge in [0.25, 0.3) is 0 Å². The maximum atomic E-state index is 4.51. The number of anilines is 1. The van der Waals surface area contributed by atoms with Crippen LogP contribution in [0, 0.1) is 0 Å². The number of nitrogens with zero attached hydrogens (tertiary/aromatic N) is 3. The van der Waals surface area contributed by atoms with E-state index in [1.807, 2.05) is 17.6 Å². The van der Waals surface area contributed by atoms with Gasteiger partial charge in [0.15, 0.2) is 0 Å². The van der Waals surface area contributed by atoms with Crippen LogP contribution in [-0.4, -0.2) is 15.0 Å². The van der Waals surface area contributed by atoms with Crippen molar-refractivity contribution in [3.05, 3.63) is 33.1 Å². The fraction of sp³-hybridized carbons (Fsp3) is 0.417. The molecule has 18 heavy (non-hydrogen) atoms. The molecule has 2 rings (SSSR count). The molecule has 6 heteroatoms. The fourth-order valence-electron chi connectivity index (χ4n) is 1.50. The zero-order chi connectivity index (χ0) is 13.1. The highest BCUT2D eigenvalue weighted by molar-refractivity contribution is 9.10. The Labute approximate surface area is 119 Å². The molecule has 0 aromatic carbocycles. The largest absolute Gasteiger partial charge is 0.361 e. The highest BCUT2D eigenvalue weighted by atomic mass is 79.9. The molecule has 96 valence electrons. The van der Waals surface area contributed by atoms with Gasteiger partial charge >= 0.3 is 0 Å². The van der Waals surface area contributed by atoms with Crippen molar-refractivity contribution in [1.82, 2.24) is 15.0 Å². The van der Waals surface area contributed by atoms with Crippen LogP contribution >= 0.6 is 27.3 Å². The van der Waals surface area contributed by atoms with Crippen LogP contribution in [0.15, 0.2) is 22.2 Å². The second kappa shape index (κ2) is 5.75. The van der Waals surface area contributed by atoms with Crippen LogP contribution in [0.2, 0.25) is 0 Å². The van der Waals surface area contributed by atoms with Gasteiger partial charge in [-0.05, 0) is 22.9 Å². The van der Waals surface area contributed by atoms with Gasteiger partial charge in [-0.2, -0.15) is 0 Å². The number of halogens is 1. The van der Waals surface area contributed by atoms with E-state index in [1.54, 1.807) is 11.3 Å². The molecule has 0 saturated heterocycles. The molecular formula is C12H15BrN4S. The van der Waals surface area contributed by atoms with Gasteiger partial charge in [0.1, 0.15) is 21.3 Å². The van der Waals surface area contributed by atoms with Crippen LogP contribution in [0.25, 0.3) is 0 Å². The number of nitrogens with one attached hydrogen (secondary N) is 1. The summed E-state index contributed by atoms with van der Waals surface area (Å²) in [7, 11) is 0. The van der Waals surface area contributed by atoms with Crippen molar-refractivity contribution in [2.24, 2.45) is 0 Å². The van der Waals surface area contributed by atoms with E-state index in [1.165, 1.54) is 0 Å². The third-order valence-corrected chi connectivity index (χ3v) is 3.78. The summed E-state index contributed by atoms with van der Waals surface area (Å²) in [6.45, 7) is 6.23. The molecule has 2 heterocycles. The molecular weight excluding hydrogens is 312 g/mol. The topological polar surface area (TPSA) is 50.7 Å². The Morgan fingerprint density at radius 2 is 2.06 bits per heavy atom. The molecule has 0 saturated carbocycles. The molecule has 0 bridgehead atoms. The smallest absolute Gasteiger partial charge is 0.134 e. The Bertz CT molecular complexity index is 513. The third-order valence-electron chi connectivity index (χ3n) is 2.41. The van der Waals surface area contributed by atoms with Crippen LogP contribution in [0.3, 0.4) is 0 Å². The normalized spacial score (nSPS) is 12.7. The van der Waals surface area contributed by atoms with Gasteiger partial charge in [-0.25, -0.2) is 15.0 Å². The van der Waals surface area contributed by atoms with Gasteiger partial charge in [-0.3, -0.25) is 0 Å². The monoisotopic (exact) mass is 326 g/mol. The van der Waals surface area contributed by atoms with Crippen LogP contribution in [0.1, 0.15) is 43.6 Å². The Hall–Kier alpha value is -1.01. The summed E-state index contributed by atoms with van der Waals surface area (Å²) < 4.78 is 0.801. The first kappa shape index (κ1) is 13.4. The third kappa shape index (κ3) is 3.26. The van der Waals surface area contributed by atoms with E-state index in [0.717, 1.165) is 21.3 Å². The molecule has 0 spiro atoms. The van der Waals surface area contributed by atoms with Gasteiger partial charge in [0, 0.05) is 23.6 Å². The van der Waals surface area contributed by atoms with E-state index in [-0.39, 0.29) is 6.04 Å². The fourth-order valence-corrected chi connectivity index (χ4v) is 2.54. The van der Waals surface area contributed by atoms with Crippen molar-refractivity contribution < 1.29 is 0 Å². The summed E-state index contributed by atoms with van der Waals surface area (Å²) in [5, 5.41) is 6.37. The summed E-state index contributed by atoms with van der Waals surface area (Å²) >= 11 is 5.05. The summed E-state index contributed by atoms with van der Waals surface area (Å²) in [5.41, 5.74) is 0. The lowest BCUT2D eigenvalue weighted by molar-refractivity contribution is 0.763. The van der Waals surface area contributed by atoms with Gasteiger partial charge < -0.3 is 5.32 Å². The second-order valence-corrected chi connectivity index (χ2v) is 6.06. The van der Waals surface area contributed by atoms with Crippen LogP contribution < -0.4 is 5.32 Å². The highest BCUT2D eigenvalue weighted by Crippen LogP contribution is 2.22. The molecule has 0 aliphatic rings.